The Labute approximate surface area is 152 Å². The van der Waals surface area contributed by atoms with E-state index in [-0.39, 0.29) is 0 Å². The molecular formula is C20H24N2O4. The van der Waals surface area contributed by atoms with Gasteiger partial charge in [0.2, 0.25) is 0 Å². The van der Waals surface area contributed by atoms with Crippen molar-refractivity contribution in [3.8, 4) is 11.3 Å². The zero-order valence-electron chi connectivity index (χ0n) is 15.3. The van der Waals surface area contributed by atoms with Gasteiger partial charge in [-0.25, -0.2) is 9.59 Å². The van der Waals surface area contributed by atoms with Gasteiger partial charge in [0.05, 0.1) is 5.56 Å². The molecule has 1 aliphatic heterocycles. The zero-order chi connectivity index (χ0) is 18.9. The predicted molar refractivity (Wildman–Crippen MR) is 99.6 cm³/mol. The Kier molecular flexibility index (Phi) is 4.76. The van der Waals surface area contributed by atoms with E-state index in [2.05, 4.69) is 9.88 Å². The van der Waals surface area contributed by atoms with E-state index in [9.17, 15) is 14.7 Å². The Balaban J connectivity index is 1.83. The summed E-state index contributed by atoms with van der Waals surface area (Å²) in [5.41, 5.74) is 3.19. The monoisotopic (exact) mass is 356 g/mol. The molecule has 0 fully saturated rings. The fourth-order valence-electron chi connectivity index (χ4n) is 3.25. The number of nitrogens with one attached hydrogen (secondary N) is 1. The van der Waals surface area contributed by atoms with Crippen LogP contribution < -0.4 is 5.32 Å². The molecule has 2 aromatic rings. The number of benzene rings is 1. The van der Waals surface area contributed by atoms with E-state index in [0.717, 1.165) is 42.8 Å². The van der Waals surface area contributed by atoms with Crippen LogP contribution in [-0.4, -0.2) is 27.3 Å². The van der Waals surface area contributed by atoms with Crippen molar-refractivity contribution >= 4 is 17.7 Å². The highest BCUT2D eigenvalue weighted by atomic mass is 16.6. The van der Waals surface area contributed by atoms with Gasteiger partial charge < -0.3 is 14.4 Å². The number of nitrogens with zero attached hydrogens (tertiary/aromatic N) is 1. The van der Waals surface area contributed by atoms with Crippen molar-refractivity contribution in [2.75, 3.05) is 5.32 Å². The van der Waals surface area contributed by atoms with E-state index in [1.807, 2.05) is 32.9 Å². The summed E-state index contributed by atoms with van der Waals surface area (Å²) in [7, 11) is 0. The lowest BCUT2D eigenvalue weighted by atomic mass is 10.1. The summed E-state index contributed by atoms with van der Waals surface area (Å²) in [4.78, 5) is 23.4. The van der Waals surface area contributed by atoms with Gasteiger partial charge in [0.25, 0.3) is 0 Å². The smallest absolute Gasteiger partial charge is 0.412 e. The van der Waals surface area contributed by atoms with Gasteiger partial charge in [-0.05, 0) is 63.8 Å². The normalized spacial score (nSPS) is 13.8. The molecule has 0 unspecified atom stereocenters. The summed E-state index contributed by atoms with van der Waals surface area (Å²) in [6, 6.07) is 9.11. The number of hydrogen-bond donors (Lipinski definition) is 2. The van der Waals surface area contributed by atoms with Crippen LogP contribution in [0.1, 0.15) is 49.7 Å². The summed E-state index contributed by atoms with van der Waals surface area (Å²) >= 11 is 0. The molecule has 2 N–H and O–H groups in total. The molecule has 6 nitrogen and oxygen atoms in total. The molecule has 26 heavy (non-hydrogen) atoms. The van der Waals surface area contributed by atoms with Gasteiger partial charge in [-0.3, -0.25) is 5.32 Å². The van der Waals surface area contributed by atoms with E-state index in [1.165, 1.54) is 0 Å². The molecule has 0 aliphatic carbocycles. The molecule has 0 spiro atoms. The first kappa shape index (κ1) is 18.0. The van der Waals surface area contributed by atoms with Crippen LogP contribution in [0.25, 0.3) is 11.3 Å². The minimum Gasteiger partial charge on any atom is -0.478 e. The Bertz CT molecular complexity index is 829. The number of amides is 1. The lowest BCUT2D eigenvalue weighted by molar-refractivity contribution is 0.0634. The predicted octanol–water partition coefficient (Wildman–Crippen LogP) is 4.54. The molecule has 0 saturated carbocycles. The van der Waals surface area contributed by atoms with Crippen LogP contribution >= 0.6 is 0 Å². The van der Waals surface area contributed by atoms with Crippen molar-refractivity contribution in [2.24, 2.45) is 0 Å². The van der Waals surface area contributed by atoms with Crippen LogP contribution in [0, 0.1) is 0 Å². The summed E-state index contributed by atoms with van der Waals surface area (Å²) in [6.45, 7) is 6.26. The van der Waals surface area contributed by atoms with Crippen LogP contribution in [0.2, 0.25) is 0 Å². The van der Waals surface area contributed by atoms with Gasteiger partial charge >= 0.3 is 12.1 Å². The second kappa shape index (κ2) is 6.86. The number of carbonyl (C=O) groups is 2. The number of fused-ring (bicyclic) bond motifs is 1. The topological polar surface area (TPSA) is 80.6 Å². The number of aromatic nitrogens is 1. The maximum atomic E-state index is 11.9. The fourth-order valence-corrected chi connectivity index (χ4v) is 3.25. The van der Waals surface area contributed by atoms with Crippen LogP contribution in [0.15, 0.2) is 30.3 Å². The Hall–Kier alpha value is -2.76. The Morgan fingerprint density at radius 1 is 1.15 bits per heavy atom. The highest BCUT2D eigenvalue weighted by molar-refractivity contribution is 5.91. The third kappa shape index (κ3) is 3.90. The first-order valence-corrected chi connectivity index (χ1v) is 8.81. The number of aromatic carboxylic acids is 1. The fraction of sp³-hybridized carbons (Fsp3) is 0.400. The van der Waals surface area contributed by atoms with Gasteiger partial charge in [0, 0.05) is 23.6 Å². The maximum Gasteiger partial charge on any atom is 0.412 e. The molecule has 2 heterocycles. The van der Waals surface area contributed by atoms with Crippen molar-refractivity contribution in [3.05, 3.63) is 41.6 Å². The number of carboxylic acid groups (broad SMARTS) is 1. The average molecular weight is 356 g/mol. The van der Waals surface area contributed by atoms with Gasteiger partial charge in [-0.15, -0.1) is 0 Å². The van der Waals surface area contributed by atoms with Gasteiger partial charge in [0.15, 0.2) is 0 Å². The lowest BCUT2D eigenvalue weighted by Gasteiger charge is -2.20. The molecule has 1 amide bonds. The molecule has 1 aromatic carbocycles. The second-order valence-electron chi connectivity index (χ2n) is 7.51. The van der Waals surface area contributed by atoms with Crippen molar-refractivity contribution in [3.63, 3.8) is 0 Å². The third-order valence-electron chi connectivity index (χ3n) is 4.31. The number of carbonyl (C=O) groups excluding carboxylic acids is 1. The number of rotatable bonds is 3. The van der Waals surface area contributed by atoms with Crippen LogP contribution in [0.5, 0.6) is 0 Å². The largest absolute Gasteiger partial charge is 0.478 e. The van der Waals surface area contributed by atoms with E-state index in [1.54, 1.807) is 18.2 Å². The molecule has 0 saturated heterocycles. The number of ether oxygens (including phenoxy) is 1. The standard InChI is InChI=1S/C20H24N2O4/c1-20(2,3)26-19(25)21-14-9-7-13(8-10-14)17-12-15(18(23)24)16-6-4-5-11-22(16)17/h7-10,12H,4-6,11H2,1-3H3,(H,21,25)(H,23,24). The molecule has 0 radical (unpaired) electrons. The quantitative estimate of drug-likeness (QED) is 0.846. The highest BCUT2D eigenvalue weighted by Crippen LogP contribution is 2.31. The summed E-state index contributed by atoms with van der Waals surface area (Å²) in [6.07, 6.45) is 2.35. The van der Waals surface area contributed by atoms with Gasteiger partial charge in [0.1, 0.15) is 5.60 Å². The van der Waals surface area contributed by atoms with Crippen molar-refractivity contribution in [1.29, 1.82) is 0 Å². The number of hydrogen-bond acceptors (Lipinski definition) is 3. The van der Waals surface area contributed by atoms with Crippen LogP contribution in [0.4, 0.5) is 10.5 Å². The molecule has 0 bridgehead atoms. The molecule has 0 atom stereocenters. The first-order chi connectivity index (χ1) is 12.2. The number of anilines is 1. The minimum absolute atomic E-state index is 0.385. The zero-order valence-corrected chi connectivity index (χ0v) is 15.3. The van der Waals surface area contributed by atoms with Crippen molar-refractivity contribution < 1.29 is 19.4 Å². The third-order valence-corrected chi connectivity index (χ3v) is 4.31. The summed E-state index contributed by atoms with van der Waals surface area (Å²) in [5, 5.41) is 12.2. The highest BCUT2D eigenvalue weighted by Gasteiger charge is 2.22. The Morgan fingerprint density at radius 2 is 1.85 bits per heavy atom. The summed E-state index contributed by atoms with van der Waals surface area (Å²) in [5.74, 6) is -0.884. The maximum absolute atomic E-state index is 11.9. The molecule has 1 aliphatic rings. The molecule has 1 aromatic heterocycles. The molecule has 6 heteroatoms. The van der Waals surface area contributed by atoms with Gasteiger partial charge in [-0.2, -0.15) is 0 Å². The molecule has 3 rings (SSSR count). The first-order valence-electron chi connectivity index (χ1n) is 8.81. The number of carboxylic acids is 1. The molecular weight excluding hydrogens is 332 g/mol. The SMILES string of the molecule is CC(C)(C)OC(=O)Nc1ccc(-c2cc(C(=O)O)c3n2CCCC3)cc1. The van der Waals surface area contributed by atoms with E-state index < -0.39 is 17.7 Å². The lowest BCUT2D eigenvalue weighted by Crippen LogP contribution is -2.27. The van der Waals surface area contributed by atoms with Crippen molar-refractivity contribution in [1.82, 2.24) is 4.57 Å². The van der Waals surface area contributed by atoms with E-state index in [4.69, 9.17) is 4.74 Å². The second-order valence-corrected chi connectivity index (χ2v) is 7.51. The van der Waals surface area contributed by atoms with E-state index >= 15 is 0 Å². The summed E-state index contributed by atoms with van der Waals surface area (Å²) < 4.78 is 7.34. The molecule has 138 valence electrons. The van der Waals surface area contributed by atoms with E-state index in [0.29, 0.717) is 11.3 Å². The van der Waals surface area contributed by atoms with Crippen LogP contribution in [-0.2, 0) is 17.7 Å². The average Bonchev–Trinajstić information content (AvgIpc) is 2.94. The Morgan fingerprint density at radius 3 is 2.46 bits per heavy atom. The minimum atomic E-state index is -0.884. The van der Waals surface area contributed by atoms with Gasteiger partial charge in [-0.1, -0.05) is 12.1 Å². The van der Waals surface area contributed by atoms with Crippen molar-refractivity contribution in [2.45, 2.75) is 52.2 Å². The van der Waals surface area contributed by atoms with Crippen LogP contribution in [0.3, 0.4) is 0 Å².